The van der Waals surface area contributed by atoms with Gasteiger partial charge in [0.2, 0.25) is 5.95 Å². The van der Waals surface area contributed by atoms with Crippen LogP contribution in [-0.2, 0) is 0 Å². The lowest BCUT2D eigenvalue weighted by Gasteiger charge is -2.38. The second-order valence-corrected chi connectivity index (χ2v) is 10.5. The number of hydrogen-bond acceptors (Lipinski definition) is 7. The van der Waals surface area contributed by atoms with Crippen LogP contribution in [0.1, 0.15) is 24.0 Å². The van der Waals surface area contributed by atoms with E-state index >= 15 is 0 Å². The van der Waals surface area contributed by atoms with Crippen LogP contribution < -0.4 is 15.8 Å². The molecular formula is C28H27Cl2N7O. The number of nitriles is 1. The number of rotatable bonds is 5. The first-order valence-electron chi connectivity index (χ1n) is 12.3. The van der Waals surface area contributed by atoms with Gasteiger partial charge < -0.3 is 15.1 Å². The van der Waals surface area contributed by atoms with Gasteiger partial charge in [0.15, 0.2) is 0 Å². The van der Waals surface area contributed by atoms with E-state index in [0.29, 0.717) is 27.7 Å². The van der Waals surface area contributed by atoms with Crippen molar-refractivity contribution >= 4 is 51.4 Å². The van der Waals surface area contributed by atoms with Crippen molar-refractivity contribution in [2.24, 2.45) is 0 Å². The van der Waals surface area contributed by atoms with Crippen LogP contribution in [0.4, 0.5) is 17.3 Å². The first-order chi connectivity index (χ1) is 18.3. The van der Waals surface area contributed by atoms with E-state index < -0.39 is 5.56 Å². The largest absolute Gasteiger partial charge is 0.370 e. The molecule has 1 aliphatic heterocycles. The van der Waals surface area contributed by atoms with Crippen LogP contribution in [0.3, 0.4) is 0 Å². The van der Waals surface area contributed by atoms with E-state index in [1.807, 2.05) is 6.07 Å². The normalized spacial score (nSPS) is 15.6. The molecule has 194 valence electrons. The van der Waals surface area contributed by atoms with E-state index in [2.05, 4.69) is 64.3 Å². The zero-order valence-electron chi connectivity index (χ0n) is 21.4. The summed E-state index contributed by atoms with van der Waals surface area (Å²) in [6.45, 7) is 4.14. The van der Waals surface area contributed by atoms with E-state index in [0.717, 1.165) is 24.3 Å². The summed E-state index contributed by atoms with van der Waals surface area (Å²) in [6.07, 6.45) is 5.21. The molecule has 2 aromatic carbocycles. The Morgan fingerprint density at radius 3 is 2.63 bits per heavy atom. The van der Waals surface area contributed by atoms with Gasteiger partial charge in [0.05, 0.1) is 26.7 Å². The molecule has 0 radical (unpaired) electrons. The number of hydrogen-bond donors (Lipinski definition) is 1. The van der Waals surface area contributed by atoms with Crippen molar-refractivity contribution in [1.29, 1.82) is 5.26 Å². The third-order valence-electron chi connectivity index (χ3n) is 6.97. The van der Waals surface area contributed by atoms with Crippen molar-refractivity contribution in [2.75, 3.05) is 37.4 Å². The Labute approximate surface area is 231 Å². The van der Waals surface area contributed by atoms with Crippen molar-refractivity contribution in [3.63, 3.8) is 0 Å². The summed E-state index contributed by atoms with van der Waals surface area (Å²) >= 11 is 12.6. The van der Waals surface area contributed by atoms with E-state index in [-0.39, 0.29) is 16.5 Å². The third-order valence-corrected chi connectivity index (χ3v) is 7.58. The second-order valence-electron chi connectivity index (χ2n) is 9.69. The van der Waals surface area contributed by atoms with Crippen LogP contribution in [0.15, 0.2) is 53.6 Å². The van der Waals surface area contributed by atoms with Crippen LogP contribution >= 0.6 is 23.2 Å². The van der Waals surface area contributed by atoms with Crippen LogP contribution in [0, 0.1) is 18.3 Å². The molecular weight excluding hydrogens is 521 g/mol. The number of aromatic nitrogens is 3. The third kappa shape index (κ3) is 4.93. The first kappa shape index (κ1) is 26.0. The number of aryl methyl sites for hydroxylation is 1. The number of piperidine rings is 1. The quantitative estimate of drug-likeness (QED) is 0.350. The topological polar surface area (TPSA) is 90.1 Å². The standard InChI is InChI=1S/C28H27Cl2N7O/c1-17-12-19(9-10-24(17)36-11-5-6-20(16-36)35(2)3)33-28-32-14-21-25(34-28)18(13-31)15-37(27(21)38)26-22(29)7-4-8-23(26)30/h4,7-10,12,14-15,20H,5-6,11,16H2,1-3H3,(H,32,33,34)/t20-/m0/s1. The fourth-order valence-electron chi connectivity index (χ4n) is 4.96. The highest BCUT2D eigenvalue weighted by Gasteiger charge is 2.23. The van der Waals surface area contributed by atoms with Crippen LogP contribution in [0.5, 0.6) is 0 Å². The van der Waals surface area contributed by atoms with Gasteiger partial charge in [0.25, 0.3) is 5.56 Å². The number of anilines is 3. The SMILES string of the molecule is Cc1cc(Nc2ncc3c(=O)n(-c4c(Cl)cccc4Cl)cc(C#N)c3n2)ccc1N1CCC[C@H](N(C)C)C1. The van der Waals surface area contributed by atoms with Gasteiger partial charge in [0.1, 0.15) is 11.6 Å². The fraction of sp³-hybridized carbons (Fsp3) is 0.286. The van der Waals surface area contributed by atoms with E-state index in [9.17, 15) is 10.1 Å². The number of pyridine rings is 1. The molecule has 4 aromatic rings. The molecule has 0 saturated carbocycles. The lowest BCUT2D eigenvalue weighted by molar-refractivity contribution is 0.258. The molecule has 38 heavy (non-hydrogen) atoms. The summed E-state index contributed by atoms with van der Waals surface area (Å²) in [5, 5.41) is 13.8. The Bertz CT molecular complexity index is 1610. The zero-order valence-corrected chi connectivity index (χ0v) is 22.9. The number of nitrogens with one attached hydrogen (secondary N) is 1. The average Bonchev–Trinajstić information content (AvgIpc) is 2.90. The number of likely N-dealkylation sites (N-methyl/N-ethyl adjacent to an activating group) is 1. The lowest BCUT2D eigenvalue weighted by atomic mass is 10.0. The molecule has 5 rings (SSSR count). The maximum Gasteiger partial charge on any atom is 0.266 e. The van der Waals surface area contributed by atoms with Crippen LogP contribution in [0.2, 0.25) is 10.0 Å². The van der Waals surface area contributed by atoms with Crippen LogP contribution in [0.25, 0.3) is 16.6 Å². The number of nitrogens with zero attached hydrogens (tertiary/aromatic N) is 6. The summed E-state index contributed by atoms with van der Waals surface area (Å²) in [4.78, 5) is 26.9. The molecule has 0 unspecified atom stereocenters. The molecule has 1 atom stereocenters. The number of benzene rings is 2. The van der Waals surface area contributed by atoms with Crippen molar-refractivity contribution in [1.82, 2.24) is 19.4 Å². The maximum atomic E-state index is 13.3. The van der Waals surface area contributed by atoms with Gasteiger partial charge in [-0.05, 0) is 69.8 Å². The minimum atomic E-state index is -0.418. The fourth-order valence-corrected chi connectivity index (χ4v) is 5.54. The highest BCUT2D eigenvalue weighted by atomic mass is 35.5. The molecule has 1 saturated heterocycles. The Morgan fingerprint density at radius 2 is 1.95 bits per heavy atom. The molecule has 0 aliphatic carbocycles. The zero-order chi connectivity index (χ0) is 27.0. The van der Waals surface area contributed by atoms with E-state index in [1.165, 1.54) is 35.5 Å². The van der Waals surface area contributed by atoms with E-state index in [1.54, 1.807) is 18.2 Å². The second kappa shape index (κ2) is 10.6. The van der Waals surface area contributed by atoms with Gasteiger partial charge in [-0.3, -0.25) is 9.36 Å². The molecule has 10 heteroatoms. The summed E-state index contributed by atoms with van der Waals surface area (Å²) in [7, 11) is 4.27. The summed E-state index contributed by atoms with van der Waals surface area (Å²) in [6, 6.07) is 13.8. The van der Waals surface area contributed by atoms with Crippen molar-refractivity contribution in [3.05, 3.63) is 80.3 Å². The van der Waals surface area contributed by atoms with Gasteiger partial charge >= 0.3 is 0 Å². The molecule has 0 bridgehead atoms. The van der Waals surface area contributed by atoms with E-state index in [4.69, 9.17) is 23.2 Å². The van der Waals surface area contributed by atoms with Crippen molar-refractivity contribution in [3.8, 4) is 11.8 Å². The number of para-hydroxylation sites is 1. The lowest BCUT2D eigenvalue weighted by Crippen LogP contribution is -2.45. The smallest absolute Gasteiger partial charge is 0.266 e. The monoisotopic (exact) mass is 547 g/mol. The first-order valence-corrected chi connectivity index (χ1v) is 13.1. The summed E-state index contributed by atoms with van der Waals surface area (Å²) in [5.74, 6) is 0.291. The molecule has 3 heterocycles. The molecule has 0 amide bonds. The van der Waals surface area contributed by atoms with Crippen molar-refractivity contribution < 1.29 is 0 Å². The number of fused-ring (bicyclic) bond motifs is 1. The molecule has 1 N–H and O–H groups in total. The minimum absolute atomic E-state index is 0.192. The molecule has 1 aliphatic rings. The highest BCUT2D eigenvalue weighted by Crippen LogP contribution is 2.30. The molecule has 0 spiro atoms. The Hall–Kier alpha value is -3.64. The Balaban J connectivity index is 1.46. The number of halogens is 2. The van der Waals surface area contributed by atoms with Gasteiger partial charge in [-0.25, -0.2) is 9.97 Å². The van der Waals surface area contributed by atoms with Gasteiger partial charge in [0, 0.05) is 42.9 Å². The van der Waals surface area contributed by atoms with Crippen molar-refractivity contribution in [2.45, 2.75) is 25.8 Å². The Morgan fingerprint density at radius 1 is 1.18 bits per heavy atom. The maximum absolute atomic E-state index is 13.3. The predicted molar refractivity (Wildman–Crippen MR) is 153 cm³/mol. The molecule has 1 fully saturated rings. The average molecular weight is 548 g/mol. The minimum Gasteiger partial charge on any atom is -0.370 e. The molecule has 2 aromatic heterocycles. The molecule has 8 nitrogen and oxygen atoms in total. The van der Waals surface area contributed by atoms with Gasteiger partial charge in [-0.1, -0.05) is 29.3 Å². The predicted octanol–water partition coefficient (Wildman–Crippen LogP) is 5.54. The summed E-state index contributed by atoms with van der Waals surface area (Å²) in [5.41, 5.74) is 3.53. The van der Waals surface area contributed by atoms with Gasteiger partial charge in [-0.2, -0.15) is 5.26 Å². The Kier molecular flexibility index (Phi) is 7.26. The highest BCUT2D eigenvalue weighted by molar-refractivity contribution is 6.37. The summed E-state index contributed by atoms with van der Waals surface area (Å²) < 4.78 is 1.27. The van der Waals surface area contributed by atoms with Crippen LogP contribution in [-0.4, -0.2) is 52.7 Å². The van der Waals surface area contributed by atoms with Gasteiger partial charge in [-0.15, -0.1) is 0 Å².